The van der Waals surface area contributed by atoms with Gasteiger partial charge in [0.25, 0.3) is 0 Å². The minimum absolute atomic E-state index is 0.0939. The number of rotatable bonds is 4. The summed E-state index contributed by atoms with van der Waals surface area (Å²) in [6.07, 6.45) is 8.56. The van der Waals surface area contributed by atoms with Gasteiger partial charge < -0.3 is 15.0 Å². The van der Waals surface area contributed by atoms with Gasteiger partial charge in [0, 0.05) is 25.3 Å². The Bertz CT molecular complexity index is 1160. The van der Waals surface area contributed by atoms with E-state index < -0.39 is 11.6 Å². The topological polar surface area (TPSA) is 72.3 Å². The maximum Gasteiger partial charge on any atom is 0.327 e. The molecule has 33 heavy (non-hydrogen) atoms. The molecule has 3 heterocycles. The molecule has 0 radical (unpaired) electrons. The molecule has 7 nitrogen and oxygen atoms in total. The van der Waals surface area contributed by atoms with Gasteiger partial charge in [0.15, 0.2) is 5.65 Å². The van der Waals surface area contributed by atoms with Gasteiger partial charge in [0.05, 0.1) is 29.5 Å². The van der Waals surface area contributed by atoms with Gasteiger partial charge in [0.2, 0.25) is 0 Å². The highest BCUT2D eigenvalue weighted by molar-refractivity contribution is 5.89. The highest BCUT2D eigenvalue weighted by atomic mass is 19.1. The van der Waals surface area contributed by atoms with Crippen LogP contribution in [0.3, 0.4) is 0 Å². The van der Waals surface area contributed by atoms with Crippen LogP contribution in [0.1, 0.15) is 50.1 Å². The molecule has 5 rings (SSSR count). The maximum absolute atomic E-state index is 14.5. The largest absolute Gasteiger partial charge is 0.381 e. The van der Waals surface area contributed by atoms with Crippen LogP contribution in [0.5, 0.6) is 0 Å². The number of nitrogens with zero attached hydrogens (tertiary/aromatic N) is 4. The molecular weight excluding hydrogens is 428 g/mol. The molecule has 1 aromatic carbocycles. The zero-order valence-corrected chi connectivity index (χ0v) is 18.5. The minimum atomic E-state index is -0.457. The van der Waals surface area contributed by atoms with E-state index in [1.807, 2.05) is 11.0 Å². The Morgan fingerprint density at radius 1 is 1.12 bits per heavy atom. The van der Waals surface area contributed by atoms with Crippen molar-refractivity contribution in [3.8, 4) is 0 Å². The van der Waals surface area contributed by atoms with Crippen molar-refractivity contribution >= 4 is 22.9 Å². The average molecular weight is 456 g/mol. The second-order valence-corrected chi connectivity index (χ2v) is 8.83. The number of carbonyl (C=O) groups excluding carboxylic acids is 1. The molecule has 2 aliphatic rings. The van der Waals surface area contributed by atoms with Gasteiger partial charge in [0.1, 0.15) is 18.0 Å². The number of anilines is 1. The van der Waals surface area contributed by atoms with Crippen molar-refractivity contribution in [3.63, 3.8) is 0 Å². The van der Waals surface area contributed by atoms with E-state index in [1.54, 1.807) is 13.3 Å². The Hall–Kier alpha value is -3.07. The monoisotopic (exact) mass is 455 g/mol. The van der Waals surface area contributed by atoms with Crippen LogP contribution >= 0.6 is 0 Å². The second-order valence-electron chi connectivity index (χ2n) is 8.83. The van der Waals surface area contributed by atoms with Gasteiger partial charge in [-0.2, -0.15) is 0 Å². The van der Waals surface area contributed by atoms with E-state index >= 15 is 0 Å². The van der Waals surface area contributed by atoms with Gasteiger partial charge >= 0.3 is 6.03 Å². The zero-order chi connectivity index (χ0) is 22.9. The number of ether oxygens (including phenoxy) is 1. The Morgan fingerprint density at radius 2 is 1.94 bits per heavy atom. The van der Waals surface area contributed by atoms with Gasteiger partial charge in [-0.05, 0) is 62.8 Å². The van der Waals surface area contributed by atoms with E-state index in [1.165, 1.54) is 23.0 Å². The second kappa shape index (κ2) is 9.05. The fourth-order valence-corrected chi connectivity index (χ4v) is 5.06. The summed E-state index contributed by atoms with van der Waals surface area (Å²) in [6, 6.07) is 4.98. The van der Waals surface area contributed by atoms with Crippen molar-refractivity contribution in [2.24, 2.45) is 0 Å². The Labute approximate surface area is 190 Å². The van der Waals surface area contributed by atoms with Crippen LogP contribution in [-0.2, 0) is 4.74 Å². The lowest BCUT2D eigenvalue weighted by molar-refractivity contribution is 0.0636. The molecular formula is C24H27F2N5O2. The molecule has 0 bridgehead atoms. The van der Waals surface area contributed by atoms with E-state index in [-0.39, 0.29) is 24.2 Å². The summed E-state index contributed by atoms with van der Waals surface area (Å²) < 4.78 is 35.2. The normalized spacial score (nSPS) is 23.2. The van der Waals surface area contributed by atoms with Gasteiger partial charge in [-0.1, -0.05) is 0 Å². The quantitative estimate of drug-likeness (QED) is 0.624. The highest BCUT2D eigenvalue weighted by Gasteiger charge is 2.30. The predicted octanol–water partition coefficient (Wildman–Crippen LogP) is 4.57. The Morgan fingerprint density at radius 3 is 2.73 bits per heavy atom. The van der Waals surface area contributed by atoms with Crippen LogP contribution in [0, 0.1) is 11.6 Å². The molecule has 1 saturated heterocycles. The number of aromatic nitrogens is 3. The van der Waals surface area contributed by atoms with E-state index in [0.29, 0.717) is 29.7 Å². The van der Waals surface area contributed by atoms with Crippen LogP contribution in [-0.4, -0.2) is 46.4 Å². The number of benzene rings is 1. The molecule has 1 aliphatic heterocycles. The summed E-state index contributed by atoms with van der Waals surface area (Å²) in [5.74, 6) is -0.879. The molecule has 2 fully saturated rings. The molecule has 2 aromatic heterocycles. The van der Waals surface area contributed by atoms with E-state index in [0.717, 1.165) is 43.9 Å². The maximum atomic E-state index is 14.5. The summed E-state index contributed by atoms with van der Waals surface area (Å²) in [7, 11) is 1.72. The van der Waals surface area contributed by atoms with Crippen molar-refractivity contribution in [2.75, 3.05) is 18.6 Å². The number of amides is 1. The summed E-state index contributed by atoms with van der Waals surface area (Å²) in [5.41, 5.74) is 2.14. The van der Waals surface area contributed by atoms with E-state index in [2.05, 4.69) is 15.3 Å². The first-order chi connectivity index (χ1) is 16.0. The van der Waals surface area contributed by atoms with Crippen LogP contribution in [0.4, 0.5) is 19.3 Å². The first-order valence-corrected chi connectivity index (χ1v) is 11.4. The fraction of sp³-hybridized carbons (Fsp3) is 0.458. The molecule has 174 valence electrons. The lowest BCUT2D eigenvalue weighted by Gasteiger charge is -2.28. The van der Waals surface area contributed by atoms with Crippen molar-refractivity contribution < 1.29 is 18.3 Å². The third kappa shape index (κ3) is 4.29. The Balaban J connectivity index is 1.39. The SMILES string of the molecule is COC1CCC(NC(=O)n2cnc3ncc(N4CCCC4c4cc(F)ccc4F)cc32)CC1. The average Bonchev–Trinajstić information content (AvgIpc) is 3.48. The predicted molar refractivity (Wildman–Crippen MR) is 120 cm³/mol. The first kappa shape index (κ1) is 21.8. The van der Waals surface area contributed by atoms with Crippen LogP contribution in [0.2, 0.25) is 0 Å². The molecule has 9 heteroatoms. The van der Waals surface area contributed by atoms with Gasteiger partial charge in [-0.3, -0.25) is 0 Å². The smallest absolute Gasteiger partial charge is 0.327 e. The first-order valence-electron chi connectivity index (χ1n) is 11.4. The number of carbonyl (C=O) groups is 1. The van der Waals surface area contributed by atoms with Crippen molar-refractivity contribution in [3.05, 3.63) is 54.0 Å². The number of nitrogens with one attached hydrogen (secondary N) is 1. The van der Waals surface area contributed by atoms with Gasteiger partial charge in [-0.25, -0.2) is 28.1 Å². The fourth-order valence-electron chi connectivity index (χ4n) is 5.06. The Kier molecular flexibility index (Phi) is 5.97. The zero-order valence-electron chi connectivity index (χ0n) is 18.5. The summed E-state index contributed by atoms with van der Waals surface area (Å²) >= 11 is 0. The van der Waals surface area contributed by atoms with Crippen molar-refractivity contribution in [2.45, 2.75) is 56.7 Å². The van der Waals surface area contributed by atoms with Crippen LogP contribution < -0.4 is 10.2 Å². The number of hydrogen-bond acceptors (Lipinski definition) is 5. The van der Waals surface area contributed by atoms with E-state index in [9.17, 15) is 13.6 Å². The molecule has 1 amide bonds. The molecule has 1 N–H and O–H groups in total. The third-order valence-corrected chi connectivity index (χ3v) is 6.84. The summed E-state index contributed by atoms with van der Waals surface area (Å²) in [5, 5.41) is 3.09. The number of pyridine rings is 1. The molecule has 1 atom stereocenters. The number of fused-ring (bicyclic) bond motifs is 1. The van der Waals surface area contributed by atoms with E-state index in [4.69, 9.17) is 4.74 Å². The van der Waals surface area contributed by atoms with Crippen molar-refractivity contribution in [1.82, 2.24) is 19.9 Å². The molecule has 1 unspecified atom stereocenters. The minimum Gasteiger partial charge on any atom is -0.381 e. The third-order valence-electron chi connectivity index (χ3n) is 6.84. The summed E-state index contributed by atoms with van der Waals surface area (Å²) in [4.78, 5) is 23.7. The lowest BCUT2D eigenvalue weighted by atomic mass is 9.93. The van der Waals surface area contributed by atoms with Gasteiger partial charge in [-0.15, -0.1) is 0 Å². The molecule has 3 aromatic rings. The number of hydrogen-bond donors (Lipinski definition) is 1. The summed E-state index contributed by atoms with van der Waals surface area (Å²) in [6.45, 7) is 0.691. The number of imidazole rings is 1. The molecule has 0 spiro atoms. The van der Waals surface area contributed by atoms with Crippen LogP contribution in [0.25, 0.3) is 11.2 Å². The molecule has 1 aliphatic carbocycles. The molecule has 1 saturated carbocycles. The number of halogens is 2. The van der Waals surface area contributed by atoms with Crippen LogP contribution in [0.15, 0.2) is 36.8 Å². The van der Waals surface area contributed by atoms with Crippen molar-refractivity contribution in [1.29, 1.82) is 0 Å². The standard InChI is InChI=1S/C24H27F2N5O2/c1-33-18-7-5-16(6-8-18)29-24(32)31-14-28-23-22(31)12-17(13-27-23)30-10-2-3-21(30)19-11-15(25)4-9-20(19)26/h4,9,11-14,16,18,21H,2-3,5-8,10H2,1H3,(H,29,32). The highest BCUT2D eigenvalue weighted by Crippen LogP contribution is 2.38. The lowest BCUT2D eigenvalue weighted by Crippen LogP contribution is -2.40. The number of methoxy groups -OCH3 is 1.